The molecule has 9 heteroatoms. The Kier molecular flexibility index (Phi) is 56.7. The molecule has 0 spiro atoms. The minimum Gasteiger partial charge on any atom is -0.477 e. The van der Waals surface area contributed by atoms with Gasteiger partial charge in [0.15, 0.2) is 6.10 Å². The van der Waals surface area contributed by atoms with E-state index in [0.717, 1.165) is 51.4 Å². The Morgan fingerprint density at radius 1 is 0.395 bits per heavy atom. The number of ether oxygens (including phenoxy) is 4. The highest BCUT2D eigenvalue weighted by Gasteiger charge is 2.25. The van der Waals surface area contributed by atoms with Crippen LogP contribution >= 0.6 is 0 Å². The first kappa shape index (κ1) is 73.5. The first-order valence-corrected chi connectivity index (χ1v) is 32.7. The topological polar surface area (TPSA) is 108 Å². The van der Waals surface area contributed by atoms with Crippen LogP contribution in [0.2, 0.25) is 0 Å². The quantitative estimate of drug-likeness (QED) is 0.0211. The van der Waals surface area contributed by atoms with Gasteiger partial charge in [-0.15, -0.1) is 0 Å². The van der Waals surface area contributed by atoms with E-state index in [1.54, 1.807) is 0 Å². The molecule has 0 aliphatic heterocycles. The van der Waals surface area contributed by atoms with Crippen LogP contribution in [0.5, 0.6) is 0 Å². The summed E-state index contributed by atoms with van der Waals surface area (Å²) in [5, 5.41) is 9.71. The second-order valence-corrected chi connectivity index (χ2v) is 23.4. The van der Waals surface area contributed by atoms with E-state index in [4.69, 9.17) is 18.9 Å². The molecular formula is C67H126NO8+. The van der Waals surface area contributed by atoms with Crippen molar-refractivity contribution >= 4 is 17.9 Å². The maximum absolute atomic E-state index is 12.9. The van der Waals surface area contributed by atoms with E-state index in [1.165, 1.54) is 238 Å². The monoisotopic (exact) mass is 1070 g/mol. The summed E-state index contributed by atoms with van der Waals surface area (Å²) in [7, 11) is 5.98. The average molecular weight is 1070 g/mol. The van der Waals surface area contributed by atoms with Gasteiger partial charge < -0.3 is 28.5 Å². The normalized spacial score (nSPS) is 12.9. The van der Waals surface area contributed by atoms with Crippen LogP contribution in [0.4, 0.5) is 0 Å². The number of likely N-dealkylation sites (N-methyl/N-ethyl adjacent to an activating group) is 1. The Bertz CT molecular complexity index is 1340. The van der Waals surface area contributed by atoms with Gasteiger partial charge in [-0.25, -0.2) is 4.79 Å². The van der Waals surface area contributed by atoms with Crippen molar-refractivity contribution in [2.24, 2.45) is 0 Å². The number of esters is 2. The molecule has 0 rings (SSSR count). The molecule has 0 aromatic heterocycles. The van der Waals surface area contributed by atoms with Gasteiger partial charge in [0.25, 0.3) is 6.29 Å². The van der Waals surface area contributed by atoms with Crippen LogP contribution in [0.15, 0.2) is 36.5 Å². The molecule has 0 bridgehead atoms. The van der Waals surface area contributed by atoms with Gasteiger partial charge in [-0.3, -0.25) is 9.59 Å². The van der Waals surface area contributed by atoms with Gasteiger partial charge in [-0.1, -0.05) is 288 Å². The molecule has 0 aromatic carbocycles. The van der Waals surface area contributed by atoms with Crippen LogP contribution in [-0.2, 0) is 33.3 Å². The second-order valence-electron chi connectivity index (χ2n) is 23.4. The van der Waals surface area contributed by atoms with Gasteiger partial charge in [0, 0.05) is 12.8 Å². The smallest absolute Gasteiger partial charge is 0.361 e. The lowest BCUT2D eigenvalue weighted by Gasteiger charge is -2.25. The van der Waals surface area contributed by atoms with Crippen LogP contribution in [0.3, 0.4) is 0 Å². The van der Waals surface area contributed by atoms with E-state index in [-0.39, 0.29) is 38.2 Å². The van der Waals surface area contributed by atoms with Crippen molar-refractivity contribution in [2.45, 2.75) is 328 Å². The van der Waals surface area contributed by atoms with Crippen LogP contribution in [0, 0.1) is 0 Å². The molecular weight excluding hydrogens is 947 g/mol. The highest BCUT2D eigenvalue weighted by atomic mass is 16.7. The molecule has 0 saturated carbocycles. The number of carboxylic acids is 1. The zero-order valence-corrected chi connectivity index (χ0v) is 50.9. The first-order chi connectivity index (χ1) is 37.1. The Labute approximate surface area is 470 Å². The number of carbonyl (C=O) groups is 3. The summed E-state index contributed by atoms with van der Waals surface area (Å²) >= 11 is 0. The molecule has 0 aliphatic carbocycles. The number of carbonyl (C=O) groups excluding carboxylic acids is 2. The van der Waals surface area contributed by atoms with Gasteiger partial charge in [-0.2, -0.15) is 0 Å². The molecule has 2 atom stereocenters. The molecule has 446 valence electrons. The second kappa shape index (κ2) is 58.7. The number of aliphatic carboxylic acids is 1. The van der Waals surface area contributed by atoms with Crippen molar-refractivity contribution in [1.82, 2.24) is 0 Å². The lowest BCUT2D eigenvalue weighted by Crippen LogP contribution is -2.40. The highest BCUT2D eigenvalue weighted by molar-refractivity contribution is 5.71. The lowest BCUT2D eigenvalue weighted by molar-refractivity contribution is -0.870. The van der Waals surface area contributed by atoms with Crippen molar-refractivity contribution in [3.05, 3.63) is 36.5 Å². The molecule has 0 aliphatic rings. The third kappa shape index (κ3) is 59.2. The van der Waals surface area contributed by atoms with E-state index in [2.05, 4.69) is 50.3 Å². The largest absolute Gasteiger partial charge is 0.477 e. The van der Waals surface area contributed by atoms with Gasteiger partial charge >= 0.3 is 17.9 Å². The highest BCUT2D eigenvalue weighted by Crippen LogP contribution is 2.18. The Hall–Kier alpha value is -2.49. The predicted octanol–water partition coefficient (Wildman–Crippen LogP) is 19.6. The van der Waals surface area contributed by atoms with Crippen molar-refractivity contribution in [3.8, 4) is 0 Å². The fourth-order valence-corrected chi connectivity index (χ4v) is 9.61. The zero-order valence-electron chi connectivity index (χ0n) is 50.9. The molecule has 9 nitrogen and oxygen atoms in total. The SMILES string of the molecule is CCCCCCC/C=C\C/C=C\C/C=C\CCCCCCCCCCCCCCCCCCCCCCCCC(=O)OC(COC(=O)CCCCCCCCCCCCCCCC)COC(OCC[N+](C)(C)C)C(=O)O. The van der Waals surface area contributed by atoms with Crippen molar-refractivity contribution in [2.75, 3.05) is 47.5 Å². The van der Waals surface area contributed by atoms with Crippen molar-refractivity contribution < 1.29 is 42.9 Å². The van der Waals surface area contributed by atoms with Crippen LogP contribution in [0.25, 0.3) is 0 Å². The molecule has 0 radical (unpaired) electrons. The summed E-state index contributed by atoms with van der Waals surface area (Å²) in [4.78, 5) is 37.4. The predicted molar refractivity (Wildman–Crippen MR) is 323 cm³/mol. The van der Waals surface area contributed by atoms with Gasteiger partial charge in [0.2, 0.25) is 0 Å². The minimum absolute atomic E-state index is 0.175. The van der Waals surface area contributed by atoms with Crippen LogP contribution < -0.4 is 0 Å². The maximum atomic E-state index is 12.9. The first-order valence-electron chi connectivity index (χ1n) is 32.7. The number of unbranched alkanes of at least 4 members (excludes halogenated alkanes) is 40. The summed E-state index contributed by atoms with van der Waals surface area (Å²) in [6.07, 6.45) is 69.7. The molecule has 2 unspecified atom stereocenters. The van der Waals surface area contributed by atoms with Gasteiger partial charge in [0.1, 0.15) is 13.2 Å². The third-order valence-electron chi connectivity index (χ3n) is 14.6. The number of hydrogen-bond donors (Lipinski definition) is 1. The number of hydrogen-bond acceptors (Lipinski definition) is 7. The van der Waals surface area contributed by atoms with E-state index in [9.17, 15) is 19.5 Å². The average Bonchev–Trinajstić information content (AvgIpc) is 3.39. The molecule has 0 amide bonds. The number of nitrogens with zero attached hydrogens (tertiary/aromatic N) is 1. The number of carboxylic acid groups (broad SMARTS) is 1. The van der Waals surface area contributed by atoms with Crippen molar-refractivity contribution in [1.29, 1.82) is 0 Å². The van der Waals surface area contributed by atoms with E-state index in [0.29, 0.717) is 17.4 Å². The third-order valence-corrected chi connectivity index (χ3v) is 14.6. The standard InChI is InChI=1S/C67H125NO8/c1-6-8-10-12-14-16-18-20-22-23-24-25-26-27-28-29-30-31-32-33-34-35-36-37-38-39-40-41-42-43-44-46-48-50-52-54-56-58-65(70)76-63(62-75-67(66(71)72)73-60-59-68(3,4)5)61-74-64(69)57-55-53-51-49-47-45-21-19-17-15-13-11-9-7-2/h18,20,23-24,26-27,63,67H,6-17,19,21-22,25,28-62H2,1-5H3/p+1/b20-18-,24-23-,27-26-. The lowest BCUT2D eigenvalue weighted by atomic mass is 10.0. The molecule has 0 fully saturated rings. The summed E-state index contributed by atoms with van der Waals surface area (Å²) in [6.45, 7) is 4.91. The number of quaternary nitrogens is 1. The fourth-order valence-electron chi connectivity index (χ4n) is 9.61. The summed E-state index contributed by atoms with van der Waals surface area (Å²) < 4.78 is 22.9. The Morgan fingerprint density at radius 2 is 0.711 bits per heavy atom. The van der Waals surface area contributed by atoms with Gasteiger partial charge in [0.05, 0.1) is 34.4 Å². The molecule has 0 saturated heterocycles. The van der Waals surface area contributed by atoms with Crippen molar-refractivity contribution in [3.63, 3.8) is 0 Å². The minimum atomic E-state index is -1.51. The molecule has 0 heterocycles. The number of rotatable bonds is 61. The van der Waals surface area contributed by atoms with Crippen LogP contribution in [0.1, 0.15) is 316 Å². The molecule has 76 heavy (non-hydrogen) atoms. The van der Waals surface area contributed by atoms with E-state index >= 15 is 0 Å². The van der Waals surface area contributed by atoms with Crippen LogP contribution in [-0.4, -0.2) is 87.4 Å². The Balaban J connectivity index is 3.97. The van der Waals surface area contributed by atoms with E-state index < -0.39 is 18.4 Å². The Morgan fingerprint density at radius 3 is 1.05 bits per heavy atom. The fraction of sp³-hybridized carbons (Fsp3) is 0.866. The zero-order chi connectivity index (χ0) is 55.5. The summed E-state index contributed by atoms with van der Waals surface area (Å²) in [6, 6.07) is 0. The molecule has 1 N–H and O–H groups in total. The van der Waals surface area contributed by atoms with Gasteiger partial charge in [-0.05, 0) is 51.4 Å². The number of allylic oxidation sites excluding steroid dienone is 6. The summed E-state index contributed by atoms with van der Waals surface area (Å²) in [5.74, 6) is -1.98. The maximum Gasteiger partial charge on any atom is 0.361 e. The molecule has 0 aromatic rings. The summed E-state index contributed by atoms with van der Waals surface area (Å²) in [5.41, 5.74) is 0. The van der Waals surface area contributed by atoms with E-state index in [1.807, 2.05) is 21.1 Å².